The van der Waals surface area contributed by atoms with Crippen molar-refractivity contribution in [2.24, 2.45) is 11.7 Å². The van der Waals surface area contributed by atoms with Crippen molar-refractivity contribution in [3.05, 3.63) is 0 Å². The highest BCUT2D eigenvalue weighted by Crippen LogP contribution is 2.22. The summed E-state index contributed by atoms with van der Waals surface area (Å²) < 4.78 is 0. The molecule has 3 nitrogen and oxygen atoms in total. The van der Waals surface area contributed by atoms with Gasteiger partial charge in [-0.1, -0.05) is 6.92 Å². The third-order valence-electron chi connectivity index (χ3n) is 2.81. The fourth-order valence-corrected chi connectivity index (χ4v) is 2.00. The molecule has 1 rings (SSSR count). The number of amides is 1. The van der Waals surface area contributed by atoms with Gasteiger partial charge < -0.3 is 10.6 Å². The zero-order valence-electron chi connectivity index (χ0n) is 8.79. The van der Waals surface area contributed by atoms with Crippen LogP contribution in [0, 0.1) is 5.92 Å². The van der Waals surface area contributed by atoms with E-state index in [1.54, 1.807) is 6.92 Å². The molecule has 1 fully saturated rings. The van der Waals surface area contributed by atoms with Gasteiger partial charge in [0.2, 0.25) is 5.91 Å². The molecule has 0 saturated carbocycles. The van der Waals surface area contributed by atoms with E-state index < -0.39 is 0 Å². The lowest BCUT2D eigenvalue weighted by Crippen LogP contribution is -2.49. The van der Waals surface area contributed by atoms with Crippen LogP contribution >= 0.6 is 0 Å². The maximum absolute atomic E-state index is 11.6. The van der Waals surface area contributed by atoms with Crippen molar-refractivity contribution in [1.29, 1.82) is 0 Å². The van der Waals surface area contributed by atoms with E-state index >= 15 is 0 Å². The molecule has 3 atom stereocenters. The topological polar surface area (TPSA) is 46.3 Å². The van der Waals surface area contributed by atoms with E-state index in [0.29, 0.717) is 6.04 Å². The predicted octanol–water partition coefficient (Wildman–Crippen LogP) is 0.981. The Hall–Kier alpha value is -0.570. The van der Waals surface area contributed by atoms with Gasteiger partial charge in [0.05, 0.1) is 6.04 Å². The van der Waals surface area contributed by atoms with E-state index in [9.17, 15) is 4.79 Å². The summed E-state index contributed by atoms with van der Waals surface area (Å²) in [5, 5.41) is 0. The largest absolute Gasteiger partial charge is 0.339 e. The number of hydrogen-bond donors (Lipinski definition) is 1. The number of hydrogen-bond acceptors (Lipinski definition) is 2. The Kier molecular flexibility index (Phi) is 3.31. The maximum atomic E-state index is 11.6. The SMILES string of the molecule is CC1CCN(C(=O)[C@H](C)N)C(C)C1. The molecule has 0 aromatic rings. The Labute approximate surface area is 80.3 Å². The summed E-state index contributed by atoms with van der Waals surface area (Å²) in [7, 11) is 0. The lowest BCUT2D eigenvalue weighted by Gasteiger charge is -2.37. The lowest BCUT2D eigenvalue weighted by molar-refractivity contribution is -0.136. The summed E-state index contributed by atoms with van der Waals surface area (Å²) >= 11 is 0. The fourth-order valence-electron chi connectivity index (χ4n) is 2.00. The summed E-state index contributed by atoms with van der Waals surface area (Å²) in [4.78, 5) is 13.5. The molecular formula is C10H20N2O. The molecule has 1 saturated heterocycles. The van der Waals surface area contributed by atoms with E-state index in [1.165, 1.54) is 0 Å². The van der Waals surface area contributed by atoms with Crippen LogP contribution in [-0.4, -0.2) is 29.4 Å². The molecule has 1 aliphatic heterocycles. The summed E-state index contributed by atoms with van der Waals surface area (Å²) in [5.74, 6) is 0.839. The van der Waals surface area contributed by atoms with Gasteiger partial charge in [0, 0.05) is 12.6 Å². The normalized spacial score (nSPS) is 31.5. The molecule has 2 N–H and O–H groups in total. The maximum Gasteiger partial charge on any atom is 0.239 e. The Morgan fingerprint density at radius 2 is 2.15 bits per heavy atom. The zero-order valence-corrected chi connectivity index (χ0v) is 8.79. The van der Waals surface area contributed by atoms with Gasteiger partial charge in [0.15, 0.2) is 0 Å². The van der Waals surface area contributed by atoms with Crippen molar-refractivity contribution in [2.75, 3.05) is 6.54 Å². The molecule has 0 bridgehead atoms. The average Bonchev–Trinajstić information content (AvgIpc) is 2.03. The molecular weight excluding hydrogens is 164 g/mol. The van der Waals surface area contributed by atoms with Gasteiger partial charge in [0.1, 0.15) is 0 Å². The molecule has 0 spiro atoms. The van der Waals surface area contributed by atoms with Crippen LogP contribution in [0.15, 0.2) is 0 Å². The van der Waals surface area contributed by atoms with Crippen LogP contribution in [0.2, 0.25) is 0 Å². The van der Waals surface area contributed by atoms with E-state index in [1.807, 2.05) is 4.90 Å². The number of nitrogens with two attached hydrogens (primary N) is 1. The number of likely N-dealkylation sites (tertiary alicyclic amines) is 1. The fraction of sp³-hybridized carbons (Fsp3) is 0.900. The minimum Gasteiger partial charge on any atom is -0.339 e. The summed E-state index contributed by atoms with van der Waals surface area (Å²) in [6.45, 7) is 6.98. The highest BCUT2D eigenvalue weighted by atomic mass is 16.2. The van der Waals surface area contributed by atoms with Crippen LogP contribution in [0.5, 0.6) is 0 Å². The van der Waals surface area contributed by atoms with E-state index in [-0.39, 0.29) is 11.9 Å². The molecule has 1 heterocycles. The second-order valence-electron chi connectivity index (χ2n) is 4.30. The molecule has 0 aromatic carbocycles. The molecule has 0 aromatic heterocycles. The number of nitrogens with zero attached hydrogens (tertiary/aromatic N) is 1. The van der Waals surface area contributed by atoms with E-state index in [2.05, 4.69) is 13.8 Å². The Balaban J connectivity index is 2.56. The van der Waals surface area contributed by atoms with Crippen LogP contribution in [0.25, 0.3) is 0 Å². The van der Waals surface area contributed by atoms with Crippen LogP contribution < -0.4 is 5.73 Å². The average molecular weight is 184 g/mol. The van der Waals surface area contributed by atoms with Crippen molar-refractivity contribution in [3.8, 4) is 0 Å². The first kappa shape index (κ1) is 10.5. The van der Waals surface area contributed by atoms with Crippen molar-refractivity contribution in [2.45, 2.75) is 45.7 Å². The highest BCUT2D eigenvalue weighted by Gasteiger charge is 2.27. The van der Waals surface area contributed by atoms with Crippen LogP contribution in [-0.2, 0) is 4.79 Å². The molecule has 0 radical (unpaired) electrons. The van der Waals surface area contributed by atoms with Gasteiger partial charge in [0.25, 0.3) is 0 Å². The molecule has 13 heavy (non-hydrogen) atoms. The van der Waals surface area contributed by atoms with Crippen molar-refractivity contribution < 1.29 is 4.79 Å². The van der Waals surface area contributed by atoms with Gasteiger partial charge in [-0.2, -0.15) is 0 Å². The van der Waals surface area contributed by atoms with Crippen molar-refractivity contribution in [3.63, 3.8) is 0 Å². The minimum absolute atomic E-state index is 0.0967. The van der Waals surface area contributed by atoms with Gasteiger partial charge in [-0.15, -0.1) is 0 Å². The summed E-state index contributed by atoms with van der Waals surface area (Å²) in [6, 6.07) is 0.0121. The van der Waals surface area contributed by atoms with Crippen LogP contribution in [0.3, 0.4) is 0 Å². The van der Waals surface area contributed by atoms with Gasteiger partial charge >= 0.3 is 0 Å². The zero-order chi connectivity index (χ0) is 10.0. The number of piperidine rings is 1. The predicted molar refractivity (Wildman–Crippen MR) is 53.2 cm³/mol. The van der Waals surface area contributed by atoms with Gasteiger partial charge in [-0.3, -0.25) is 4.79 Å². The van der Waals surface area contributed by atoms with E-state index in [0.717, 1.165) is 25.3 Å². The second-order valence-corrected chi connectivity index (χ2v) is 4.30. The first-order valence-electron chi connectivity index (χ1n) is 5.08. The third-order valence-corrected chi connectivity index (χ3v) is 2.81. The standard InChI is InChI=1S/C10H20N2O/c1-7-4-5-12(8(2)6-7)10(13)9(3)11/h7-9H,4-6,11H2,1-3H3/t7?,8?,9-/m0/s1. The number of rotatable bonds is 1. The lowest BCUT2D eigenvalue weighted by atomic mass is 9.93. The molecule has 1 amide bonds. The highest BCUT2D eigenvalue weighted by molar-refractivity contribution is 5.81. The number of carbonyl (C=O) groups is 1. The smallest absolute Gasteiger partial charge is 0.239 e. The monoisotopic (exact) mass is 184 g/mol. The van der Waals surface area contributed by atoms with Crippen LogP contribution in [0.1, 0.15) is 33.6 Å². The summed E-state index contributed by atoms with van der Waals surface area (Å²) in [6.07, 6.45) is 2.22. The van der Waals surface area contributed by atoms with Crippen molar-refractivity contribution >= 4 is 5.91 Å². The first-order valence-corrected chi connectivity index (χ1v) is 5.08. The van der Waals surface area contributed by atoms with Gasteiger partial charge in [-0.05, 0) is 32.6 Å². The quantitative estimate of drug-likeness (QED) is 0.660. The minimum atomic E-state index is -0.351. The molecule has 76 valence electrons. The molecule has 0 aliphatic carbocycles. The Morgan fingerprint density at radius 1 is 1.54 bits per heavy atom. The van der Waals surface area contributed by atoms with Crippen LogP contribution in [0.4, 0.5) is 0 Å². The third kappa shape index (κ3) is 2.44. The first-order chi connectivity index (χ1) is 6.02. The summed E-state index contributed by atoms with van der Waals surface area (Å²) in [5.41, 5.74) is 5.57. The molecule has 3 heteroatoms. The molecule has 2 unspecified atom stereocenters. The van der Waals surface area contributed by atoms with Crippen molar-refractivity contribution in [1.82, 2.24) is 4.90 Å². The Bertz CT molecular complexity index is 191. The number of carbonyl (C=O) groups excluding carboxylic acids is 1. The Morgan fingerprint density at radius 3 is 2.62 bits per heavy atom. The van der Waals surface area contributed by atoms with Gasteiger partial charge in [-0.25, -0.2) is 0 Å². The second kappa shape index (κ2) is 4.09. The van der Waals surface area contributed by atoms with E-state index in [4.69, 9.17) is 5.73 Å². The molecule has 1 aliphatic rings.